The molecule has 3 heterocycles. The van der Waals surface area contributed by atoms with E-state index < -0.39 is 11.6 Å². The van der Waals surface area contributed by atoms with Crippen LogP contribution in [0.2, 0.25) is 0 Å². The van der Waals surface area contributed by atoms with Crippen LogP contribution in [0.25, 0.3) is 0 Å². The van der Waals surface area contributed by atoms with Crippen LogP contribution in [0.1, 0.15) is 97.3 Å². The average molecular weight is 495 g/mol. The van der Waals surface area contributed by atoms with Crippen LogP contribution in [0.3, 0.4) is 0 Å². The molecule has 0 spiro atoms. The zero-order chi connectivity index (χ0) is 25.5. The number of carboxylic acids is 1. The number of nitrogens with two attached hydrogens (primary N) is 1. The molecule has 7 atom stereocenters. The Labute approximate surface area is 211 Å². The van der Waals surface area contributed by atoms with Crippen LogP contribution in [-0.4, -0.2) is 74.8 Å². The van der Waals surface area contributed by atoms with Gasteiger partial charge in [0.15, 0.2) is 0 Å². The number of aliphatic hydroxyl groups excluding tert-OH is 1. The number of piperidine rings is 2. The molecule has 8 nitrogen and oxygen atoms in total. The van der Waals surface area contributed by atoms with Crippen molar-refractivity contribution in [2.45, 2.75) is 133 Å². The van der Waals surface area contributed by atoms with Crippen LogP contribution in [0.15, 0.2) is 12.3 Å². The fraction of sp³-hybridized carbons (Fsp3) is 0.889. The molecule has 202 valence electrons. The molecule has 0 aliphatic carbocycles. The highest BCUT2D eigenvalue weighted by atomic mass is 16.4. The van der Waals surface area contributed by atoms with E-state index in [9.17, 15) is 20.1 Å². The molecule has 2 fully saturated rings. The van der Waals surface area contributed by atoms with Gasteiger partial charge in [-0.05, 0) is 77.5 Å². The number of carbonyl (C=O) groups is 1. The molecule has 3 aliphatic heterocycles. The molecule has 35 heavy (non-hydrogen) atoms. The number of nitrogens with zero attached hydrogens (tertiary/aromatic N) is 1. The van der Waals surface area contributed by atoms with Crippen molar-refractivity contribution in [2.24, 2.45) is 11.7 Å². The Balaban J connectivity index is 1.32. The van der Waals surface area contributed by atoms with Gasteiger partial charge in [-0.2, -0.15) is 0 Å². The van der Waals surface area contributed by atoms with E-state index >= 15 is 0 Å². The Morgan fingerprint density at radius 3 is 2.74 bits per heavy atom. The molecular weight excluding hydrogens is 444 g/mol. The summed E-state index contributed by atoms with van der Waals surface area (Å²) < 4.78 is 0. The first-order chi connectivity index (χ1) is 16.6. The first-order valence-corrected chi connectivity index (χ1v) is 13.9. The maximum absolute atomic E-state index is 11.4. The number of rotatable bonds is 13. The quantitative estimate of drug-likeness (QED) is 0.216. The molecule has 0 bridgehead atoms. The van der Waals surface area contributed by atoms with E-state index in [1.807, 2.05) is 0 Å². The number of hydrogen-bond donors (Lipinski definition) is 6. The van der Waals surface area contributed by atoms with Crippen molar-refractivity contribution in [1.29, 1.82) is 0 Å². The van der Waals surface area contributed by atoms with Crippen molar-refractivity contribution in [1.82, 2.24) is 15.5 Å². The van der Waals surface area contributed by atoms with Gasteiger partial charge < -0.3 is 36.6 Å². The smallest absolute Gasteiger partial charge is 0.306 e. The number of allylic oxidation sites excluding steroid dienone is 1. The van der Waals surface area contributed by atoms with Crippen LogP contribution in [0.5, 0.6) is 0 Å². The minimum atomic E-state index is -1.23. The number of carboxylic acid groups (broad SMARTS) is 1. The van der Waals surface area contributed by atoms with E-state index in [1.54, 1.807) is 0 Å². The van der Waals surface area contributed by atoms with Gasteiger partial charge in [-0.1, -0.05) is 38.2 Å². The van der Waals surface area contributed by atoms with Crippen molar-refractivity contribution in [3.63, 3.8) is 0 Å². The molecule has 3 rings (SSSR count). The standard InChI is InChI=1S/C27H50N4O4/c1-20-23(32)10-9-22-16-21(11-15-31(20)22)8-6-4-3-5-7-12-27(35,18-25(33)34)19-30-26(2)13-14-29-24(28)17-26/h11,15,20-24,29-30,32,35H,3-10,12-14,16-19,28H2,1-2H3,(H,33,34). The average Bonchev–Trinajstić information content (AvgIpc) is 2.79. The van der Waals surface area contributed by atoms with Gasteiger partial charge in [0.05, 0.1) is 30.3 Å². The second-order valence-electron chi connectivity index (χ2n) is 11.9. The molecule has 0 saturated carbocycles. The largest absolute Gasteiger partial charge is 0.481 e. The zero-order valence-electron chi connectivity index (χ0n) is 21.9. The minimum Gasteiger partial charge on any atom is -0.481 e. The van der Waals surface area contributed by atoms with Crippen molar-refractivity contribution in [2.75, 3.05) is 13.1 Å². The minimum absolute atomic E-state index is 0.0732. The molecule has 7 unspecified atom stereocenters. The van der Waals surface area contributed by atoms with Crippen LogP contribution >= 0.6 is 0 Å². The maximum atomic E-state index is 11.4. The number of hydrogen-bond acceptors (Lipinski definition) is 7. The Hall–Kier alpha value is -1.19. The predicted octanol–water partition coefficient (Wildman–Crippen LogP) is 2.69. The predicted molar refractivity (Wildman–Crippen MR) is 139 cm³/mol. The van der Waals surface area contributed by atoms with Gasteiger partial charge in [-0.15, -0.1) is 0 Å². The number of β-amino-alcohol motifs (C(OH)–C–C–N with tert-alkyl or cyclic N) is 1. The van der Waals surface area contributed by atoms with Gasteiger partial charge in [0.2, 0.25) is 0 Å². The molecular formula is C27H50N4O4. The maximum Gasteiger partial charge on any atom is 0.306 e. The molecule has 7 N–H and O–H groups in total. The molecule has 2 saturated heterocycles. The number of nitrogens with one attached hydrogen (secondary N) is 2. The lowest BCUT2D eigenvalue weighted by atomic mass is 9.83. The third-order valence-electron chi connectivity index (χ3n) is 8.64. The van der Waals surface area contributed by atoms with Gasteiger partial charge in [0.25, 0.3) is 0 Å². The Morgan fingerprint density at radius 1 is 1.26 bits per heavy atom. The van der Waals surface area contributed by atoms with E-state index in [-0.39, 0.29) is 36.8 Å². The highest BCUT2D eigenvalue weighted by Gasteiger charge is 2.36. The highest BCUT2D eigenvalue weighted by molar-refractivity contribution is 5.68. The fourth-order valence-electron chi connectivity index (χ4n) is 6.29. The fourth-order valence-corrected chi connectivity index (χ4v) is 6.29. The highest BCUT2D eigenvalue weighted by Crippen LogP contribution is 2.33. The molecule has 0 aromatic heterocycles. The van der Waals surface area contributed by atoms with E-state index in [2.05, 4.69) is 41.7 Å². The third-order valence-corrected chi connectivity index (χ3v) is 8.64. The van der Waals surface area contributed by atoms with Crippen LogP contribution in [0, 0.1) is 5.92 Å². The SMILES string of the molecule is CC1C(O)CCC2CC(CCCCCCCC(O)(CNC3(C)CCNC(N)C3)CC(=O)O)C=CN21. The summed E-state index contributed by atoms with van der Waals surface area (Å²) in [5.41, 5.74) is 4.62. The van der Waals surface area contributed by atoms with Gasteiger partial charge in [0, 0.05) is 18.1 Å². The molecule has 0 amide bonds. The van der Waals surface area contributed by atoms with Crippen molar-refractivity contribution < 1.29 is 20.1 Å². The summed E-state index contributed by atoms with van der Waals surface area (Å²) >= 11 is 0. The first-order valence-electron chi connectivity index (χ1n) is 13.9. The first kappa shape index (κ1) is 28.4. The summed E-state index contributed by atoms with van der Waals surface area (Å²) in [4.78, 5) is 13.8. The van der Waals surface area contributed by atoms with Gasteiger partial charge in [-0.25, -0.2) is 0 Å². The van der Waals surface area contributed by atoms with Gasteiger partial charge in [0.1, 0.15) is 0 Å². The normalized spacial score (nSPS) is 34.9. The Bertz CT molecular complexity index is 707. The second kappa shape index (κ2) is 12.9. The summed E-state index contributed by atoms with van der Waals surface area (Å²) in [5, 5.41) is 37.2. The number of aliphatic carboxylic acids is 1. The van der Waals surface area contributed by atoms with Crippen LogP contribution in [-0.2, 0) is 4.79 Å². The molecule has 3 aliphatic rings. The third kappa shape index (κ3) is 8.71. The van der Waals surface area contributed by atoms with Gasteiger partial charge >= 0.3 is 5.97 Å². The lowest BCUT2D eigenvalue weighted by Crippen LogP contribution is -2.59. The number of unbranched alkanes of at least 4 members (excludes halogenated alkanes) is 4. The van der Waals surface area contributed by atoms with Crippen LogP contribution < -0.4 is 16.4 Å². The number of aliphatic hydroxyl groups is 2. The van der Waals surface area contributed by atoms with Crippen molar-refractivity contribution >= 4 is 5.97 Å². The lowest BCUT2D eigenvalue weighted by molar-refractivity contribution is -0.143. The molecule has 0 aromatic rings. The summed E-state index contributed by atoms with van der Waals surface area (Å²) in [6, 6.07) is 0.799. The van der Waals surface area contributed by atoms with Crippen molar-refractivity contribution in [3.05, 3.63) is 12.3 Å². The monoisotopic (exact) mass is 494 g/mol. The van der Waals surface area contributed by atoms with E-state index in [1.165, 1.54) is 25.7 Å². The van der Waals surface area contributed by atoms with Crippen LogP contribution in [0.4, 0.5) is 0 Å². The van der Waals surface area contributed by atoms with Gasteiger partial charge in [-0.3, -0.25) is 4.79 Å². The molecule has 0 aromatic carbocycles. The topological polar surface area (TPSA) is 131 Å². The zero-order valence-corrected chi connectivity index (χ0v) is 21.9. The molecule has 8 heteroatoms. The molecule has 0 radical (unpaired) electrons. The number of fused-ring (bicyclic) bond motifs is 1. The summed E-state index contributed by atoms with van der Waals surface area (Å²) in [7, 11) is 0. The second-order valence-corrected chi connectivity index (χ2v) is 11.9. The van der Waals surface area contributed by atoms with E-state index in [0.717, 1.165) is 51.5 Å². The summed E-state index contributed by atoms with van der Waals surface area (Å²) in [5.74, 6) is -0.322. The Morgan fingerprint density at radius 2 is 2.00 bits per heavy atom. The van der Waals surface area contributed by atoms with E-state index in [0.29, 0.717) is 18.4 Å². The van der Waals surface area contributed by atoms with Crippen molar-refractivity contribution in [3.8, 4) is 0 Å². The Kier molecular flexibility index (Phi) is 10.4. The van der Waals surface area contributed by atoms with E-state index in [4.69, 9.17) is 5.73 Å². The summed E-state index contributed by atoms with van der Waals surface area (Å²) in [6.07, 6.45) is 15.9. The lowest BCUT2D eigenvalue weighted by Gasteiger charge is -2.46. The summed E-state index contributed by atoms with van der Waals surface area (Å²) in [6.45, 7) is 5.33.